The van der Waals surface area contributed by atoms with E-state index < -0.39 is 0 Å². The van der Waals surface area contributed by atoms with Gasteiger partial charge in [-0.1, -0.05) is 49.4 Å². The van der Waals surface area contributed by atoms with E-state index in [2.05, 4.69) is 5.32 Å². The van der Waals surface area contributed by atoms with Crippen molar-refractivity contribution in [1.82, 2.24) is 5.32 Å². The molecule has 2 rings (SSSR count). The van der Waals surface area contributed by atoms with Crippen molar-refractivity contribution in [2.75, 3.05) is 6.61 Å². The monoisotopic (exact) mass is 285 g/mol. The van der Waals surface area contributed by atoms with Gasteiger partial charge in [0.1, 0.15) is 0 Å². The van der Waals surface area contributed by atoms with Crippen molar-refractivity contribution in [1.29, 1.82) is 0 Å². The number of benzene rings is 2. The van der Waals surface area contributed by atoms with E-state index in [0.29, 0.717) is 0 Å². The summed E-state index contributed by atoms with van der Waals surface area (Å²) in [5, 5.41) is 5.09. The second-order valence-electron chi connectivity index (χ2n) is 4.87. The third-order valence-corrected chi connectivity index (χ3v) is 3.32. The first-order valence-electron chi connectivity index (χ1n) is 7.04. The molecule has 1 amide bonds. The van der Waals surface area contributed by atoms with E-state index in [1.54, 1.807) is 6.92 Å². The highest BCUT2D eigenvalue weighted by Gasteiger charge is 2.13. The van der Waals surface area contributed by atoms with Gasteiger partial charge < -0.3 is 10.1 Å². The zero-order chi connectivity index (χ0) is 15.2. The summed E-state index contributed by atoms with van der Waals surface area (Å²) in [6, 6.07) is 13.9. The van der Waals surface area contributed by atoms with Gasteiger partial charge >= 0.3 is 5.97 Å². The zero-order valence-corrected chi connectivity index (χ0v) is 12.3. The van der Waals surface area contributed by atoms with Crippen LogP contribution in [-0.4, -0.2) is 18.5 Å². The van der Waals surface area contributed by atoms with Crippen LogP contribution in [0.15, 0.2) is 42.5 Å². The van der Waals surface area contributed by atoms with Gasteiger partial charge in [-0.2, -0.15) is 0 Å². The first-order chi connectivity index (χ1) is 10.1. The van der Waals surface area contributed by atoms with Crippen molar-refractivity contribution < 1.29 is 14.3 Å². The molecule has 2 aromatic rings. The summed E-state index contributed by atoms with van der Waals surface area (Å²) in [6.45, 7) is 3.38. The molecule has 1 atom stereocenters. The van der Waals surface area contributed by atoms with E-state index in [1.807, 2.05) is 49.4 Å². The van der Waals surface area contributed by atoms with Gasteiger partial charge in [0.25, 0.3) is 5.91 Å². The fourth-order valence-electron chi connectivity index (χ4n) is 2.24. The van der Waals surface area contributed by atoms with Crippen molar-refractivity contribution in [3.05, 3.63) is 48.0 Å². The number of nitrogens with one attached hydrogen (secondary N) is 1. The molecule has 0 fully saturated rings. The summed E-state index contributed by atoms with van der Waals surface area (Å²) in [7, 11) is 0. The van der Waals surface area contributed by atoms with Crippen LogP contribution in [-0.2, 0) is 14.3 Å². The number of carbonyl (C=O) groups excluding carboxylic acids is 2. The number of fused-ring (bicyclic) bond motifs is 1. The molecule has 0 aliphatic carbocycles. The molecule has 0 aliphatic rings. The third-order valence-electron chi connectivity index (χ3n) is 3.32. The molecule has 0 bridgehead atoms. The molecule has 1 N–H and O–H groups in total. The predicted molar refractivity (Wildman–Crippen MR) is 81.8 cm³/mol. The number of rotatable bonds is 5. The first-order valence-corrected chi connectivity index (χ1v) is 7.04. The van der Waals surface area contributed by atoms with Crippen LogP contribution in [0.2, 0.25) is 0 Å². The maximum Gasteiger partial charge on any atom is 0.306 e. The minimum absolute atomic E-state index is 0.149. The second kappa shape index (κ2) is 6.88. The molecule has 0 saturated carbocycles. The highest BCUT2D eigenvalue weighted by atomic mass is 16.5. The smallest absolute Gasteiger partial charge is 0.306 e. The van der Waals surface area contributed by atoms with E-state index in [9.17, 15) is 9.59 Å². The van der Waals surface area contributed by atoms with Gasteiger partial charge in [0, 0.05) is 6.42 Å². The largest absolute Gasteiger partial charge is 0.456 e. The molecule has 2 aromatic carbocycles. The standard InChI is InChI=1S/C17H19NO3/c1-3-17(20)21-11-16(19)18-12(2)14-10-6-8-13-7-4-5-9-15(13)14/h4-10,12H,3,11H2,1-2H3,(H,18,19)/t12-/m0/s1. The van der Waals surface area contributed by atoms with Gasteiger partial charge in [-0.3, -0.25) is 9.59 Å². The maximum absolute atomic E-state index is 11.8. The average molecular weight is 285 g/mol. The van der Waals surface area contributed by atoms with Crippen LogP contribution in [0.25, 0.3) is 10.8 Å². The molecule has 21 heavy (non-hydrogen) atoms. The molecule has 0 aliphatic heterocycles. The quantitative estimate of drug-likeness (QED) is 0.859. The van der Waals surface area contributed by atoms with E-state index in [-0.39, 0.29) is 30.9 Å². The van der Waals surface area contributed by atoms with Gasteiger partial charge in [-0.05, 0) is 23.3 Å². The molecule has 110 valence electrons. The summed E-state index contributed by atoms with van der Waals surface area (Å²) in [5.41, 5.74) is 1.04. The van der Waals surface area contributed by atoms with Crippen LogP contribution in [0, 0.1) is 0 Å². The van der Waals surface area contributed by atoms with Crippen molar-refractivity contribution in [3.8, 4) is 0 Å². The van der Waals surface area contributed by atoms with Crippen LogP contribution in [0.5, 0.6) is 0 Å². The van der Waals surface area contributed by atoms with Crippen molar-refractivity contribution in [3.63, 3.8) is 0 Å². The van der Waals surface area contributed by atoms with Crippen LogP contribution in [0.1, 0.15) is 31.9 Å². The Morgan fingerprint density at radius 3 is 2.62 bits per heavy atom. The van der Waals surface area contributed by atoms with E-state index in [4.69, 9.17) is 4.74 Å². The minimum Gasteiger partial charge on any atom is -0.456 e. The average Bonchev–Trinajstić information content (AvgIpc) is 2.51. The Morgan fingerprint density at radius 2 is 1.86 bits per heavy atom. The number of carbonyl (C=O) groups is 2. The Labute approximate surface area is 124 Å². The number of ether oxygens (including phenoxy) is 1. The lowest BCUT2D eigenvalue weighted by Crippen LogP contribution is -2.31. The lowest BCUT2D eigenvalue weighted by atomic mass is 10.00. The van der Waals surface area contributed by atoms with E-state index in [0.717, 1.165) is 16.3 Å². The van der Waals surface area contributed by atoms with Gasteiger partial charge in [0.05, 0.1) is 6.04 Å². The highest BCUT2D eigenvalue weighted by molar-refractivity contribution is 5.87. The van der Waals surface area contributed by atoms with E-state index in [1.165, 1.54) is 0 Å². The first kappa shape index (κ1) is 15.0. The number of hydrogen-bond acceptors (Lipinski definition) is 3. The van der Waals surface area contributed by atoms with Crippen LogP contribution in [0.4, 0.5) is 0 Å². The maximum atomic E-state index is 11.8. The number of hydrogen-bond donors (Lipinski definition) is 1. The molecule has 0 aromatic heterocycles. The fraction of sp³-hybridized carbons (Fsp3) is 0.294. The Hall–Kier alpha value is -2.36. The summed E-state index contributed by atoms with van der Waals surface area (Å²) in [5.74, 6) is -0.666. The Balaban J connectivity index is 2.07. The third kappa shape index (κ3) is 3.81. The molecule has 0 unspecified atom stereocenters. The topological polar surface area (TPSA) is 55.4 Å². The predicted octanol–water partition coefficient (Wildman–Crippen LogP) is 2.97. The molecule has 4 nitrogen and oxygen atoms in total. The fourth-order valence-corrected chi connectivity index (χ4v) is 2.24. The highest BCUT2D eigenvalue weighted by Crippen LogP contribution is 2.23. The van der Waals surface area contributed by atoms with Gasteiger partial charge in [0.15, 0.2) is 6.61 Å². The number of amides is 1. The summed E-state index contributed by atoms with van der Waals surface area (Å²) in [4.78, 5) is 22.8. The van der Waals surface area contributed by atoms with Crippen molar-refractivity contribution >= 4 is 22.6 Å². The zero-order valence-electron chi connectivity index (χ0n) is 12.3. The second-order valence-corrected chi connectivity index (χ2v) is 4.87. The molecule has 0 spiro atoms. The Bertz CT molecular complexity index is 646. The lowest BCUT2D eigenvalue weighted by Gasteiger charge is -2.16. The van der Waals surface area contributed by atoms with Crippen molar-refractivity contribution in [2.24, 2.45) is 0 Å². The summed E-state index contributed by atoms with van der Waals surface area (Å²) >= 11 is 0. The van der Waals surface area contributed by atoms with Crippen LogP contribution in [0.3, 0.4) is 0 Å². The lowest BCUT2D eigenvalue weighted by molar-refractivity contribution is -0.148. The molecule has 0 radical (unpaired) electrons. The van der Waals surface area contributed by atoms with Gasteiger partial charge in [-0.25, -0.2) is 0 Å². The van der Waals surface area contributed by atoms with Crippen LogP contribution >= 0.6 is 0 Å². The Kier molecular flexibility index (Phi) is 4.93. The van der Waals surface area contributed by atoms with Crippen molar-refractivity contribution in [2.45, 2.75) is 26.3 Å². The van der Waals surface area contributed by atoms with Gasteiger partial charge in [0.2, 0.25) is 0 Å². The molecule has 4 heteroatoms. The molecular weight excluding hydrogens is 266 g/mol. The summed E-state index contributed by atoms with van der Waals surface area (Å²) in [6.07, 6.45) is 0.270. The normalized spacial score (nSPS) is 11.9. The minimum atomic E-state index is -0.372. The Morgan fingerprint density at radius 1 is 1.14 bits per heavy atom. The molecule has 0 heterocycles. The number of esters is 1. The molecular formula is C17H19NO3. The SMILES string of the molecule is CCC(=O)OCC(=O)N[C@@H](C)c1cccc2ccccc12. The molecule has 0 saturated heterocycles. The van der Waals surface area contributed by atoms with E-state index >= 15 is 0 Å². The van der Waals surface area contributed by atoms with Crippen LogP contribution < -0.4 is 5.32 Å². The van der Waals surface area contributed by atoms with Gasteiger partial charge in [-0.15, -0.1) is 0 Å². The summed E-state index contributed by atoms with van der Waals surface area (Å²) < 4.78 is 4.83.